The molecule has 0 spiro atoms. The highest BCUT2D eigenvalue weighted by atomic mass is 32.1. The normalized spacial score (nSPS) is 35.6. The minimum atomic E-state index is 0.243. The third kappa shape index (κ3) is 2.63. The zero-order chi connectivity index (χ0) is 16.1. The van der Waals surface area contributed by atoms with E-state index in [4.69, 9.17) is 21.7 Å². The first-order valence-corrected chi connectivity index (χ1v) is 9.57. The molecule has 0 amide bonds. The summed E-state index contributed by atoms with van der Waals surface area (Å²) in [5.41, 5.74) is 1.20. The Bertz CT molecular complexity index is 640. The summed E-state index contributed by atoms with van der Waals surface area (Å²) in [7, 11) is 0. The van der Waals surface area contributed by atoms with E-state index in [0.29, 0.717) is 13.2 Å². The van der Waals surface area contributed by atoms with Gasteiger partial charge in [-0.25, -0.2) is 0 Å². The van der Waals surface area contributed by atoms with E-state index in [0.717, 1.165) is 40.1 Å². The topological polar surface area (TPSA) is 42.5 Å². The van der Waals surface area contributed by atoms with Crippen LogP contribution in [0.25, 0.3) is 0 Å². The molecule has 1 aromatic rings. The van der Waals surface area contributed by atoms with Gasteiger partial charge in [0.15, 0.2) is 16.6 Å². The minimum absolute atomic E-state index is 0.243. The van der Waals surface area contributed by atoms with Crippen molar-refractivity contribution in [3.63, 3.8) is 0 Å². The number of thiocarbonyl (C=S) groups is 1. The second-order valence-corrected chi connectivity index (χ2v) is 8.54. The number of hydrogen-bond acceptors (Lipinski definition) is 3. The van der Waals surface area contributed by atoms with Crippen molar-refractivity contribution in [2.75, 3.05) is 18.5 Å². The van der Waals surface area contributed by atoms with Gasteiger partial charge in [0, 0.05) is 17.3 Å². The lowest BCUT2D eigenvalue weighted by Gasteiger charge is -2.57. The molecule has 0 atom stereocenters. The van der Waals surface area contributed by atoms with Crippen LogP contribution in [0, 0.1) is 17.8 Å². The SMILES string of the molecule is S=C(Nc1ccc2c(c1)OCCO2)NC12CC3CC(CC(C3)C1)C2. The van der Waals surface area contributed by atoms with E-state index >= 15 is 0 Å². The first-order chi connectivity index (χ1) is 11.7. The van der Waals surface area contributed by atoms with Crippen LogP contribution >= 0.6 is 12.2 Å². The number of anilines is 1. The average Bonchev–Trinajstić information content (AvgIpc) is 2.52. The van der Waals surface area contributed by atoms with Crippen molar-refractivity contribution in [1.29, 1.82) is 0 Å². The van der Waals surface area contributed by atoms with Crippen LogP contribution in [0.15, 0.2) is 18.2 Å². The number of nitrogens with one attached hydrogen (secondary N) is 2. The number of rotatable bonds is 2. The van der Waals surface area contributed by atoms with E-state index < -0.39 is 0 Å². The molecule has 0 aromatic heterocycles. The van der Waals surface area contributed by atoms with Gasteiger partial charge in [0.1, 0.15) is 13.2 Å². The third-order valence-corrected chi connectivity index (χ3v) is 6.42. The molecule has 4 fully saturated rings. The standard InChI is InChI=1S/C19H24N2O2S/c24-18(20-15-1-2-16-17(8-15)23-4-3-22-16)21-19-9-12-5-13(10-19)7-14(6-12)11-19/h1-2,8,12-14H,3-7,9-11H2,(H2,20,21,24). The van der Waals surface area contributed by atoms with Gasteiger partial charge >= 0.3 is 0 Å². The molecule has 24 heavy (non-hydrogen) atoms. The molecule has 2 N–H and O–H groups in total. The molecule has 4 aliphatic carbocycles. The lowest BCUT2D eigenvalue weighted by atomic mass is 9.53. The second kappa shape index (κ2) is 5.51. The van der Waals surface area contributed by atoms with E-state index in [-0.39, 0.29) is 5.54 Å². The Balaban J connectivity index is 1.28. The summed E-state index contributed by atoms with van der Waals surface area (Å²) in [4.78, 5) is 0. The molecule has 128 valence electrons. The number of fused-ring (bicyclic) bond motifs is 1. The Morgan fingerprint density at radius 3 is 2.25 bits per heavy atom. The molecule has 1 aliphatic heterocycles. The molecule has 4 saturated carbocycles. The van der Waals surface area contributed by atoms with Crippen molar-refractivity contribution in [3.8, 4) is 11.5 Å². The molecule has 4 nitrogen and oxygen atoms in total. The third-order valence-electron chi connectivity index (χ3n) is 6.22. The van der Waals surface area contributed by atoms with E-state index in [2.05, 4.69) is 10.6 Å². The second-order valence-electron chi connectivity index (χ2n) is 8.14. The maximum atomic E-state index is 5.65. The Kier molecular flexibility index (Phi) is 3.40. The summed E-state index contributed by atoms with van der Waals surface area (Å²) in [5, 5.41) is 7.80. The molecule has 1 heterocycles. The monoisotopic (exact) mass is 344 g/mol. The van der Waals surface area contributed by atoms with Gasteiger partial charge in [-0.15, -0.1) is 0 Å². The van der Waals surface area contributed by atoms with Gasteiger partial charge < -0.3 is 20.1 Å². The quantitative estimate of drug-likeness (QED) is 0.801. The van der Waals surface area contributed by atoms with Crippen molar-refractivity contribution < 1.29 is 9.47 Å². The molecular formula is C19H24N2O2S. The number of benzene rings is 1. The predicted molar refractivity (Wildman–Crippen MR) is 97.7 cm³/mol. The fourth-order valence-electron chi connectivity index (χ4n) is 5.79. The summed E-state index contributed by atoms with van der Waals surface area (Å²) in [5.74, 6) is 4.36. The van der Waals surface area contributed by atoms with Crippen molar-refractivity contribution in [2.24, 2.45) is 17.8 Å². The zero-order valence-electron chi connectivity index (χ0n) is 13.8. The molecule has 1 aromatic carbocycles. The van der Waals surface area contributed by atoms with Gasteiger partial charge in [0.2, 0.25) is 0 Å². The van der Waals surface area contributed by atoms with Crippen LogP contribution in [0.5, 0.6) is 11.5 Å². The van der Waals surface area contributed by atoms with Gasteiger partial charge in [-0.3, -0.25) is 0 Å². The van der Waals surface area contributed by atoms with Crippen LogP contribution in [-0.2, 0) is 0 Å². The molecule has 5 aliphatic rings. The van der Waals surface area contributed by atoms with Crippen LogP contribution in [0.1, 0.15) is 38.5 Å². The first-order valence-electron chi connectivity index (χ1n) is 9.16. The van der Waals surface area contributed by atoms with Crippen LogP contribution < -0.4 is 20.1 Å². The average molecular weight is 344 g/mol. The van der Waals surface area contributed by atoms with Crippen LogP contribution in [-0.4, -0.2) is 23.9 Å². The Hall–Kier alpha value is -1.49. The van der Waals surface area contributed by atoms with E-state index in [9.17, 15) is 0 Å². The number of hydrogen-bond donors (Lipinski definition) is 2. The molecule has 0 radical (unpaired) electrons. The van der Waals surface area contributed by atoms with Crippen molar-refractivity contribution in [2.45, 2.75) is 44.1 Å². The largest absolute Gasteiger partial charge is 0.486 e. The summed E-state index contributed by atoms with van der Waals surface area (Å²) in [6.45, 7) is 1.22. The molecule has 0 saturated heterocycles. The van der Waals surface area contributed by atoms with E-state index in [1.165, 1.54) is 38.5 Å². The highest BCUT2D eigenvalue weighted by Gasteiger charge is 2.51. The highest BCUT2D eigenvalue weighted by Crippen LogP contribution is 2.55. The lowest BCUT2D eigenvalue weighted by Crippen LogP contribution is -2.60. The van der Waals surface area contributed by atoms with Gasteiger partial charge in [0.25, 0.3) is 0 Å². The van der Waals surface area contributed by atoms with Crippen LogP contribution in [0.3, 0.4) is 0 Å². The molecule has 5 heteroatoms. The van der Waals surface area contributed by atoms with Gasteiger partial charge in [-0.2, -0.15) is 0 Å². The van der Waals surface area contributed by atoms with Gasteiger partial charge in [-0.05, 0) is 80.6 Å². The maximum absolute atomic E-state index is 5.65. The highest BCUT2D eigenvalue weighted by molar-refractivity contribution is 7.80. The Labute approximate surface area is 148 Å². The molecule has 4 bridgehead atoms. The minimum Gasteiger partial charge on any atom is -0.486 e. The zero-order valence-corrected chi connectivity index (χ0v) is 14.7. The summed E-state index contributed by atoms with van der Waals surface area (Å²) in [6.07, 6.45) is 8.22. The summed E-state index contributed by atoms with van der Waals surface area (Å²) < 4.78 is 11.2. The van der Waals surface area contributed by atoms with Crippen LogP contribution in [0.4, 0.5) is 5.69 Å². The van der Waals surface area contributed by atoms with Crippen LogP contribution in [0.2, 0.25) is 0 Å². The number of ether oxygens (including phenoxy) is 2. The molecule has 6 rings (SSSR count). The van der Waals surface area contributed by atoms with E-state index in [1.54, 1.807) is 0 Å². The maximum Gasteiger partial charge on any atom is 0.171 e. The molecule has 0 unspecified atom stereocenters. The first kappa shape index (κ1) is 14.8. The predicted octanol–water partition coefficient (Wildman–Crippen LogP) is 3.71. The Morgan fingerprint density at radius 1 is 0.958 bits per heavy atom. The summed E-state index contributed by atoms with van der Waals surface area (Å²) >= 11 is 5.63. The Morgan fingerprint density at radius 2 is 1.58 bits per heavy atom. The molecular weight excluding hydrogens is 320 g/mol. The smallest absolute Gasteiger partial charge is 0.171 e. The lowest BCUT2D eigenvalue weighted by molar-refractivity contribution is -0.00972. The van der Waals surface area contributed by atoms with E-state index in [1.807, 2.05) is 18.2 Å². The fourth-order valence-corrected chi connectivity index (χ4v) is 6.12. The van der Waals surface area contributed by atoms with Crippen molar-refractivity contribution in [1.82, 2.24) is 5.32 Å². The van der Waals surface area contributed by atoms with Crippen molar-refractivity contribution >= 4 is 23.0 Å². The fraction of sp³-hybridized carbons (Fsp3) is 0.632. The van der Waals surface area contributed by atoms with Crippen molar-refractivity contribution in [3.05, 3.63) is 18.2 Å². The van der Waals surface area contributed by atoms with Gasteiger partial charge in [0.05, 0.1) is 0 Å². The summed E-state index contributed by atoms with van der Waals surface area (Å²) in [6, 6.07) is 5.92. The van der Waals surface area contributed by atoms with Gasteiger partial charge in [-0.1, -0.05) is 0 Å².